The quantitative estimate of drug-likeness (QED) is 0.436. The molecule has 0 atom stereocenters. The molecule has 0 radical (unpaired) electrons. The minimum atomic E-state index is -0.487. The number of ether oxygens (including phenoxy) is 2. The van der Waals surface area contributed by atoms with E-state index in [2.05, 4.69) is 4.57 Å². The van der Waals surface area contributed by atoms with E-state index in [1.54, 1.807) is 25.1 Å². The van der Waals surface area contributed by atoms with Crippen molar-refractivity contribution in [3.8, 4) is 5.75 Å². The fraction of sp³-hybridized carbons (Fsp3) is 0.348. The van der Waals surface area contributed by atoms with Gasteiger partial charge >= 0.3 is 5.97 Å². The highest BCUT2D eigenvalue weighted by atomic mass is 35.5. The van der Waals surface area contributed by atoms with Crippen LogP contribution in [0.5, 0.6) is 5.75 Å². The van der Waals surface area contributed by atoms with Gasteiger partial charge in [-0.15, -0.1) is 0 Å². The Labute approximate surface area is 184 Å². The van der Waals surface area contributed by atoms with E-state index >= 15 is 0 Å². The lowest BCUT2D eigenvalue weighted by Crippen LogP contribution is -2.15. The molecule has 4 nitrogen and oxygen atoms in total. The maximum atomic E-state index is 14.4. The largest absolute Gasteiger partial charge is 0.480 e. The van der Waals surface area contributed by atoms with Gasteiger partial charge in [0.15, 0.2) is 6.61 Å². The first-order valence-corrected chi connectivity index (χ1v) is 10.8. The van der Waals surface area contributed by atoms with Crippen LogP contribution in [0.1, 0.15) is 36.6 Å². The van der Waals surface area contributed by atoms with Crippen molar-refractivity contribution < 1.29 is 18.7 Å². The van der Waals surface area contributed by atoms with Crippen molar-refractivity contribution in [1.29, 1.82) is 0 Å². The number of carbonyl (C=O) groups is 1. The first kappa shape index (κ1) is 21.0. The molecule has 1 aromatic heterocycles. The third-order valence-corrected chi connectivity index (χ3v) is 5.98. The second-order valence-corrected chi connectivity index (χ2v) is 8.19. The molecule has 158 valence electrons. The monoisotopic (exact) mass is 449 g/mol. The van der Waals surface area contributed by atoms with Crippen LogP contribution < -0.4 is 4.74 Å². The first-order chi connectivity index (χ1) is 14.5. The van der Waals surface area contributed by atoms with Crippen LogP contribution in [0.15, 0.2) is 30.3 Å². The van der Waals surface area contributed by atoms with Crippen molar-refractivity contribution in [2.24, 2.45) is 0 Å². The van der Waals surface area contributed by atoms with Gasteiger partial charge in [0, 0.05) is 33.7 Å². The molecule has 0 saturated heterocycles. The SMILES string of the molecule is CCOC(=O)COc1cc(F)cc2c3c(n(Cc4ccc(Cl)cc4Cl)c12)CCCC3. The summed E-state index contributed by atoms with van der Waals surface area (Å²) in [6, 6.07) is 8.30. The van der Waals surface area contributed by atoms with Crippen molar-refractivity contribution in [1.82, 2.24) is 4.57 Å². The van der Waals surface area contributed by atoms with Crippen LogP contribution in [0, 0.1) is 5.82 Å². The highest BCUT2D eigenvalue weighted by Crippen LogP contribution is 2.38. The van der Waals surface area contributed by atoms with Crippen molar-refractivity contribution in [2.45, 2.75) is 39.2 Å². The Kier molecular flexibility index (Phi) is 6.21. The van der Waals surface area contributed by atoms with E-state index in [4.69, 9.17) is 32.7 Å². The van der Waals surface area contributed by atoms with Gasteiger partial charge in [-0.05, 0) is 61.9 Å². The Bertz CT molecular complexity index is 1110. The van der Waals surface area contributed by atoms with Crippen LogP contribution in [-0.2, 0) is 28.9 Å². The number of hydrogen-bond acceptors (Lipinski definition) is 3. The van der Waals surface area contributed by atoms with E-state index in [0.717, 1.165) is 53.4 Å². The van der Waals surface area contributed by atoms with E-state index in [-0.39, 0.29) is 13.2 Å². The maximum absolute atomic E-state index is 14.4. The Morgan fingerprint density at radius 1 is 1.17 bits per heavy atom. The van der Waals surface area contributed by atoms with Crippen molar-refractivity contribution >= 4 is 40.1 Å². The van der Waals surface area contributed by atoms with Crippen LogP contribution in [0.2, 0.25) is 10.0 Å². The van der Waals surface area contributed by atoms with Crippen LogP contribution in [0.25, 0.3) is 10.9 Å². The molecule has 0 aliphatic heterocycles. The van der Waals surface area contributed by atoms with Crippen LogP contribution in [0.3, 0.4) is 0 Å². The van der Waals surface area contributed by atoms with E-state index in [1.165, 1.54) is 6.07 Å². The molecule has 30 heavy (non-hydrogen) atoms. The number of esters is 1. The topological polar surface area (TPSA) is 40.5 Å². The zero-order chi connectivity index (χ0) is 21.3. The minimum absolute atomic E-state index is 0.264. The third-order valence-electron chi connectivity index (χ3n) is 5.39. The normalized spacial score (nSPS) is 13.3. The van der Waals surface area contributed by atoms with Crippen LogP contribution in [0.4, 0.5) is 4.39 Å². The number of carbonyl (C=O) groups excluding carboxylic acids is 1. The van der Waals surface area contributed by atoms with Gasteiger partial charge in [-0.25, -0.2) is 9.18 Å². The molecule has 0 bridgehead atoms. The summed E-state index contributed by atoms with van der Waals surface area (Å²) in [5, 5.41) is 1.97. The van der Waals surface area contributed by atoms with Gasteiger partial charge in [0.2, 0.25) is 0 Å². The number of aromatic nitrogens is 1. The fourth-order valence-corrected chi connectivity index (χ4v) is 4.61. The molecule has 0 unspecified atom stereocenters. The minimum Gasteiger partial charge on any atom is -0.480 e. The van der Waals surface area contributed by atoms with Gasteiger partial charge < -0.3 is 14.0 Å². The maximum Gasteiger partial charge on any atom is 0.344 e. The van der Waals surface area contributed by atoms with Gasteiger partial charge in [0.25, 0.3) is 0 Å². The number of fused-ring (bicyclic) bond motifs is 3. The highest BCUT2D eigenvalue weighted by molar-refractivity contribution is 6.35. The molecule has 0 fully saturated rings. The van der Waals surface area contributed by atoms with E-state index < -0.39 is 11.8 Å². The average Bonchev–Trinajstić information content (AvgIpc) is 3.02. The molecule has 0 saturated carbocycles. The van der Waals surface area contributed by atoms with E-state index in [0.29, 0.717) is 22.3 Å². The van der Waals surface area contributed by atoms with Gasteiger partial charge in [-0.3, -0.25) is 0 Å². The summed E-state index contributed by atoms with van der Waals surface area (Å²) in [6.07, 6.45) is 3.91. The number of rotatable bonds is 6. The molecular weight excluding hydrogens is 428 g/mol. The zero-order valence-electron chi connectivity index (χ0n) is 16.6. The smallest absolute Gasteiger partial charge is 0.344 e. The number of aryl methyl sites for hydroxylation is 1. The van der Waals surface area contributed by atoms with Gasteiger partial charge in [0.1, 0.15) is 11.6 Å². The second kappa shape index (κ2) is 8.86. The summed E-state index contributed by atoms with van der Waals surface area (Å²) < 4.78 is 27.3. The van der Waals surface area contributed by atoms with Crippen LogP contribution >= 0.6 is 23.2 Å². The summed E-state index contributed by atoms with van der Waals surface area (Å²) in [5.74, 6) is -0.549. The number of nitrogens with zero attached hydrogens (tertiary/aromatic N) is 1. The van der Waals surface area contributed by atoms with Crippen molar-refractivity contribution in [3.63, 3.8) is 0 Å². The summed E-state index contributed by atoms with van der Waals surface area (Å²) in [6.45, 7) is 2.22. The number of halogens is 3. The third kappa shape index (κ3) is 4.14. The van der Waals surface area contributed by atoms with E-state index in [9.17, 15) is 9.18 Å². The standard InChI is InChI=1S/C23H22Cl2FNO3/c1-2-29-22(28)13-30-21-11-16(26)10-18-17-5-3-4-6-20(17)27(23(18)21)12-14-7-8-15(24)9-19(14)25/h7-11H,2-6,12-13H2,1H3. The molecule has 1 heterocycles. The van der Waals surface area contributed by atoms with Gasteiger partial charge in [-0.1, -0.05) is 29.3 Å². The number of hydrogen-bond donors (Lipinski definition) is 0. The Hall–Kier alpha value is -2.24. The Balaban J connectivity index is 1.83. The predicted octanol–water partition coefficient (Wildman–Crippen LogP) is 5.96. The summed E-state index contributed by atoms with van der Waals surface area (Å²) >= 11 is 12.5. The molecule has 3 aromatic rings. The molecule has 7 heteroatoms. The lowest BCUT2D eigenvalue weighted by molar-refractivity contribution is -0.145. The van der Waals surface area contributed by atoms with Crippen molar-refractivity contribution in [2.75, 3.05) is 13.2 Å². The van der Waals surface area contributed by atoms with Crippen molar-refractivity contribution in [3.05, 3.63) is 63.0 Å². The zero-order valence-corrected chi connectivity index (χ0v) is 18.2. The molecule has 1 aliphatic rings. The molecule has 0 amide bonds. The molecule has 0 spiro atoms. The predicted molar refractivity (Wildman–Crippen MR) is 116 cm³/mol. The molecule has 0 N–H and O–H groups in total. The van der Waals surface area contributed by atoms with Crippen LogP contribution in [-0.4, -0.2) is 23.8 Å². The fourth-order valence-electron chi connectivity index (χ4n) is 4.14. The molecular formula is C23H22Cl2FNO3. The highest BCUT2D eigenvalue weighted by Gasteiger charge is 2.24. The summed E-state index contributed by atoms with van der Waals surface area (Å²) in [5.41, 5.74) is 3.99. The summed E-state index contributed by atoms with van der Waals surface area (Å²) in [4.78, 5) is 11.8. The molecule has 1 aliphatic carbocycles. The Morgan fingerprint density at radius 3 is 2.73 bits per heavy atom. The summed E-state index contributed by atoms with van der Waals surface area (Å²) in [7, 11) is 0. The Morgan fingerprint density at radius 2 is 1.97 bits per heavy atom. The lowest BCUT2D eigenvalue weighted by atomic mass is 9.95. The second-order valence-electron chi connectivity index (χ2n) is 7.35. The number of benzene rings is 2. The average molecular weight is 450 g/mol. The molecule has 4 rings (SSSR count). The van der Waals surface area contributed by atoms with E-state index in [1.807, 2.05) is 6.07 Å². The van der Waals surface area contributed by atoms with Gasteiger partial charge in [0.05, 0.1) is 12.1 Å². The van der Waals surface area contributed by atoms with Gasteiger partial charge in [-0.2, -0.15) is 0 Å². The first-order valence-electron chi connectivity index (χ1n) is 10.0. The molecule has 2 aromatic carbocycles. The lowest BCUT2D eigenvalue weighted by Gasteiger charge is -2.17.